The molecule has 3 N–H and O–H groups in total. The van der Waals surface area contributed by atoms with Gasteiger partial charge < -0.3 is 11.1 Å². The number of nitrogen functional groups attached to an aromatic ring is 1. The predicted octanol–water partition coefficient (Wildman–Crippen LogP) is 3.33. The zero-order chi connectivity index (χ0) is 13.9. The average molecular weight is 269 g/mol. The van der Waals surface area contributed by atoms with E-state index in [9.17, 15) is 4.79 Å². The molecule has 0 aliphatic heterocycles. The fourth-order valence-corrected chi connectivity index (χ4v) is 1.69. The monoisotopic (exact) mass is 268 g/mol. The maximum Gasteiger partial charge on any atom is 0.254 e. The second-order valence-corrected chi connectivity index (χ2v) is 6.09. The lowest BCUT2D eigenvalue weighted by molar-refractivity contribution is 0.0938. The molecule has 0 saturated heterocycles. The van der Waals surface area contributed by atoms with Gasteiger partial charge in [-0.1, -0.05) is 45.4 Å². The van der Waals surface area contributed by atoms with Crippen LogP contribution in [0.25, 0.3) is 0 Å². The van der Waals surface area contributed by atoms with Crippen molar-refractivity contribution in [2.45, 2.75) is 27.7 Å². The molecule has 1 amide bonds. The lowest BCUT2D eigenvalue weighted by Crippen LogP contribution is -2.34. The van der Waals surface area contributed by atoms with Crippen molar-refractivity contribution in [3.8, 4) is 0 Å². The van der Waals surface area contributed by atoms with Crippen molar-refractivity contribution < 1.29 is 4.79 Å². The van der Waals surface area contributed by atoms with E-state index in [1.54, 1.807) is 18.2 Å². The summed E-state index contributed by atoms with van der Waals surface area (Å²) in [6.45, 7) is 9.15. The van der Waals surface area contributed by atoms with Crippen LogP contribution in [-0.4, -0.2) is 12.5 Å². The van der Waals surface area contributed by atoms with E-state index < -0.39 is 0 Å². The van der Waals surface area contributed by atoms with Crippen LogP contribution in [0.1, 0.15) is 38.1 Å². The first-order valence-corrected chi connectivity index (χ1v) is 6.43. The number of nitrogens with two attached hydrogens (primary N) is 1. The van der Waals surface area contributed by atoms with E-state index in [2.05, 4.69) is 33.0 Å². The molecule has 0 fully saturated rings. The van der Waals surface area contributed by atoms with Crippen LogP contribution in [0.15, 0.2) is 18.2 Å². The Kier molecular flexibility index (Phi) is 4.63. The molecule has 1 atom stereocenters. The summed E-state index contributed by atoms with van der Waals surface area (Å²) in [6.07, 6.45) is 0. The molecule has 1 aromatic rings. The Balaban J connectivity index is 2.73. The third kappa shape index (κ3) is 3.64. The molecule has 3 nitrogen and oxygen atoms in total. The maximum absolute atomic E-state index is 12.0. The third-order valence-electron chi connectivity index (χ3n) is 3.32. The Morgan fingerprint density at radius 2 is 2.06 bits per heavy atom. The van der Waals surface area contributed by atoms with E-state index >= 15 is 0 Å². The van der Waals surface area contributed by atoms with Gasteiger partial charge in [-0.2, -0.15) is 0 Å². The largest absolute Gasteiger partial charge is 0.398 e. The summed E-state index contributed by atoms with van der Waals surface area (Å²) in [5.41, 5.74) is 6.69. The number of rotatable bonds is 3. The standard InChI is InChI=1S/C14H21ClN2O/c1-9(14(2,3)4)8-17-13(18)12-10(15)6-5-7-11(12)16/h5-7,9H,8,16H2,1-4H3,(H,17,18). The van der Waals surface area contributed by atoms with Crippen LogP contribution in [0.4, 0.5) is 5.69 Å². The van der Waals surface area contributed by atoms with Crippen LogP contribution in [0.3, 0.4) is 0 Å². The second-order valence-electron chi connectivity index (χ2n) is 5.68. The highest BCUT2D eigenvalue weighted by atomic mass is 35.5. The summed E-state index contributed by atoms with van der Waals surface area (Å²) in [4.78, 5) is 12.0. The lowest BCUT2D eigenvalue weighted by atomic mass is 9.82. The summed E-state index contributed by atoms with van der Waals surface area (Å²) >= 11 is 5.99. The van der Waals surface area contributed by atoms with Crippen molar-refractivity contribution >= 4 is 23.2 Å². The Morgan fingerprint density at radius 1 is 1.44 bits per heavy atom. The quantitative estimate of drug-likeness (QED) is 0.826. The van der Waals surface area contributed by atoms with Crippen LogP contribution >= 0.6 is 11.6 Å². The van der Waals surface area contributed by atoms with Crippen LogP contribution in [-0.2, 0) is 0 Å². The number of anilines is 1. The highest BCUT2D eigenvalue weighted by Crippen LogP contribution is 2.25. The molecule has 0 aliphatic carbocycles. The van der Waals surface area contributed by atoms with Gasteiger partial charge in [-0.15, -0.1) is 0 Å². The number of hydrogen-bond donors (Lipinski definition) is 2. The predicted molar refractivity (Wildman–Crippen MR) is 76.8 cm³/mol. The molecule has 0 bridgehead atoms. The molecule has 4 heteroatoms. The second kappa shape index (κ2) is 5.61. The van der Waals surface area contributed by atoms with Crippen LogP contribution < -0.4 is 11.1 Å². The number of carbonyl (C=O) groups is 1. The molecule has 0 heterocycles. The Labute approximate surface area is 114 Å². The Bertz CT molecular complexity index is 418. The highest BCUT2D eigenvalue weighted by molar-refractivity contribution is 6.34. The zero-order valence-electron chi connectivity index (χ0n) is 11.4. The lowest BCUT2D eigenvalue weighted by Gasteiger charge is -2.27. The normalized spacial score (nSPS) is 13.2. The Morgan fingerprint density at radius 3 is 2.56 bits per heavy atom. The van der Waals surface area contributed by atoms with Gasteiger partial charge in [-0.3, -0.25) is 4.79 Å². The van der Waals surface area contributed by atoms with E-state index in [1.165, 1.54) is 0 Å². The van der Waals surface area contributed by atoms with Crippen molar-refractivity contribution in [2.24, 2.45) is 11.3 Å². The van der Waals surface area contributed by atoms with Crippen molar-refractivity contribution in [3.05, 3.63) is 28.8 Å². The average Bonchev–Trinajstić information content (AvgIpc) is 2.24. The van der Waals surface area contributed by atoms with E-state index in [0.717, 1.165) is 0 Å². The highest BCUT2D eigenvalue weighted by Gasteiger charge is 2.21. The number of amides is 1. The molecule has 18 heavy (non-hydrogen) atoms. The van der Waals surface area contributed by atoms with Crippen molar-refractivity contribution in [1.29, 1.82) is 0 Å². The van der Waals surface area contributed by atoms with E-state index in [-0.39, 0.29) is 11.3 Å². The summed E-state index contributed by atoms with van der Waals surface area (Å²) in [7, 11) is 0. The molecule has 1 aromatic carbocycles. The number of benzene rings is 1. The van der Waals surface area contributed by atoms with Gasteiger partial charge >= 0.3 is 0 Å². The number of hydrogen-bond acceptors (Lipinski definition) is 2. The molecule has 1 rings (SSSR count). The molecular formula is C14H21ClN2O. The van der Waals surface area contributed by atoms with Crippen molar-refractivity contribution in [3.63, 3.8) is 0 Å². The minimum absolute atomic E-state index is 0.152. The first-order chi connectivity index (χ1) is 8.23. The summed E-state index contributed by atoms with van der Waals surface area (Å²) in [5.74, 6) is 0.152. The van der Waals surface area contributed by atoms with Gasteiger partial charge in [0.2, 0.25) is 0 Å². The fourth-order valence-electron chi connectivity index (χ4n) is 1.42. The van der Waals surface area contributed by atoms with Gasteiger partial charge in [-0.25, -0.2) is 0 Å². The van der Waals surface area contributed by atoms with E-state index in [4.69, 9.17) is 17.3 Å². The first kappa shape index (κ1) is 14.8. The van der Waals surface area contributed by atoms with Crippen LogP contribution in [0.5, 0.6) is 0 Å². The topological polar surface area (TPSA) is 55.1 Å². The molecule has 100 valence electrons. The first-order valence-electron chi connectivity index (χ1n) is 6.05. The smallest absolute Gasteiger partial charge is 0.254 e. The molecule has 0 aliphatic rings. The summed E-state index contributed by atoms with van der Waals surface area (Å²) in [5, 5.41) is 3.27. The maximum atomic E-state index is 12.0. The van der Waals surface area contributed by atoms with Gasteiger partial charge in [0, 0.05) is 12.2 Å². The minimum atomic E-state index is -0.214. The van der Waals surface area contributed by atoms with Gasteiger partial charge in [-0.05, 0) is 23.5 Å². The molecule has 0 aromatic heterocycles. The SMILES string of the molecule is CC(CNC(=O)c1c(N)cccc1Cl)C(C)(C)C. The Hall–Kier alpha value is -1.22. The molecule has 1 unspecified atom stereocenters. The molecule has 0 saturated carbocycles. The summed E-state index contributed by atoms with van der Waals surface area (Å²) < 4.78 is 0. The van der Waals surface area contributed by atoms with Crippen molar-refractivity contribution in [1.82, 2.24) is 5.32 Å². The zero-order valence-corrected chi connectivity index (χ0v) is 12.1. The van der Waals surface area contributed by atoms with Crippen LogP contribution in [0, 0.1) is 11.3 Å². The van der Waals surface area contributed by atoms with Gasteiger partial charge in [0.25, 0.3) is 5.91 Å². The van der Waals surface area contributed by atoms with E-state index in [0.29, 0.717) is 28.7 Å². The van der Waals surface area contributed by atoms with Gasteiger partial charge in [0.15, 0.2) is 0 Å². The minimum Gasteiger partial charge on any atom is -0.398 e. The van der Waals surface area contributed by atoms with Crippen molar-refractivity contribution in [2.75, 3.05) is 12.3 Å². The number of halogens is 1. The fraction of sp³-hybridized carbons (Fsp3) is 0.500. The molecule has 0 spiro atoms. The molecular weight excluding hydrogens is 248 g/mol. The van der Waals surface area contributed by atoms with Gasteiger partial charge in [0.1, 0.15) is 0 Å². The number of nitrogens with one attached hydrogen (secondary N) is 1. The van der Waals surface area contributed by atoms with Gasteiger partial charge in [0.05, 0.1) is 10.6 Å². The summed E-state index contributed by atoms with van der Waals surface area (Å²) in [6, 6.07) is 5.07. The molecule has 0 radical (unpaired) electrons. The third-order valence-corrected chi connectivity index (χ3v) is 3.64. The van der Waals surface area contributed by atoms with Crippen LogP contribution in [0.2, 0.25) is 5.02 Å². The van der Waals surface area contributed by atoms with E-state index in [1.807, 2.05) is 0 Å². The number of carbonyl (C=O) groups excluding carboxylic acids is 1.